The van der Waals surface area contributed by atoms with E-state index in [9.17, 15) is 9.59 Å². The molecule has 0 aliphatic carbocycles. The fourth-order valence-corrected chi connectivity index (χ4v) is 1.53. The molecule has 1 unspecified atom stereocenters. The molecule has 0 amide bonds. The van der Waals surface area contributed by atoms with Gasteiger partial charge >= 0.3 is 11.9 Å². The van der Waals surface area contributed by atoms with Crippen molar-refractivity contribution >= 4 is 24.3 Å². The minimum absolute atomic E-state index is 0. The lowest BCUT2D eigenvalue weighted by Gasteiger charge is -2.18. The molecule has 14 heavy (non-hydrogen) atoms. The number of carbonyl (C=O) groups excluding carboxylic acids is 1. The van der Waals surface area contributed by atoms with Crippen LogP contribution in [-0.2, 0) is 14.3 Å². The van der Waals surface area contributed by atoms with Crippen LogP contribution in [0, 0.1) is 0 Å². The molecular formula is C8H14ClNO4. The first-order chi connectivity index (χ1) is 6.15. The average molecular weight is 224 g/mol. The number of esters is 1. The van der Waals surface area contributed by atoms with Gasteiger partial charge in [-0.15, -0.1) is 12.4 Å². The molecule has 1 aliphatic rings. The Morgan fingerprint density at radius 3 is 2.71 bits per heavy atom. The summed E-state index contributed by atoms with van der Waals surface area (Å²) in [5, 5.41) is 8.78. The van der Waals surface area contributed by atoms with Crippen LogP contribution >= 0.6 is 12.4 Å². The number of carboxylic acids is 1. The van der Waals surface area contributed by atoms with Crippen molar-refractivity contribution in [2.45, 2.75) is 18.9 Å². The van der Waals surface area contributed by atoms with E-state index >= 15 is 0 Å². The van der Waals surface area contributed by atoms with Crippen molar-refractivity contribution in [3.63, 3.8) is 0 Å². The normalized spacial score (nSPS) is 21.4. The Labute approximate surface area is 88.4 Å². The van der Waals surface area contributed by atoms with Gasteiger partial charge in [0.2, 0.25) is 0 Å². The van der Waals surface area contributed by atoms with Gasteiger partial charge in [0.25, 0.3) is 0 Å². The number of likely N-dealkylation sites (tertiary alicyclic amines) is 1. The lowest BCUT2D eigenvalue weighted by Crippen LogP contribution is -2.39. The van der Waals surface area contributed by atoms with E-state index in [1.54, 1.807) is 4.90 Å². The molecule has 0 aromatic carbocycles. The third-order valence-corrected chi connectivity index (χ3v) is 2.21. The second-order valence-electron chi connectivity index (χ2n) is 3.04. The first kappa shape index (κ1) is 13.2. The van der Waals surface area contributed by atoms with Crippen molar-refractivity contribution in [3.8, 4) is 0 Å². The number of aliphatic carboxylic acids is 1. The predicted molar refractivity (Wildman–Crippen MR) is 51.5 cm³/mol. The Morgan fingerprint density at radius 2 is 2.21 bits per heavy atom. The Morgan fingerprint density at radius 1 is 1.57 bits per heavy atom. The summed E-state index contributed by atoms with van der Waals surface area (Å²) < 4.78 is 4.47. The topological polar surface area (TPSA) is 66.8 Å². The van der Waals surface area contributed by atoms with Gasteiger partial charge in [-0.05, 0) is 19.4 Å². The van der Waals surface area contributed by atoms with Crippen molar-refractivity contribution in [2.75, 3.05) is 20.2 Å². The van der Waals surface area contributed by atoms with Gasteiger partial charge in [0.15, 0.2) is 0 Å². The minimum Gasteiger partial charge on any atom is -0.480 e. The maximum absolute atomic E-state index is 10.9. The molecule has 6 heteroatoms. The molecule has 0 radical (unpaired) electrons. The summed E-state index contributed by atoms with van der Waals surface area (Å²) in [4.78, 5) is 23.2. The molecule has 0 spiro atoms. The van der Waals surface area contributed by atoms with Crippen molar-refractivity contribution < 1.29 is 19.4 Å². The lowest BCUT2D eigenvalue weighted by atomic mass is 10.2. The number of rotatable bonds is 3. The fraction of sp³-hybridized carbons (Fsp3) is 0.750. The van der Waals surface area contributed by atoms with Crippen LogP contribution in [0.3, 0.4) is 0 Å². The van der Waals surface area contributed by atoms with Gasteiger partial charge < -0.3 is 9.84 Å². The highest BCUT2D eigenvalue weighted by Crippen LogP contribution is 2.16. The Bertz CT molecular complexity index is 221. The number of halogens is 1. The summed E-state index contributed by atoms with van der Waals surface area (Å²) in [5.41, 5.74) is 0. The molecule has 1 aliphatic heterocycles. The Kier molecular flexibility index (Phi) is 5.49. The first-order valence-corrected chi connectivity index (χ1v) is 4.19. The number of hydrogen-bond acceptors (Lipinski definition) is 4. The van der Waals surface area contributed by atoms with Crippen LogP contribution in [0.2, 0.25) is 0 Å². The van der Waals surface area contributed by atoms with Gasteiger partial charge in [0.05, 0.1) is 13.7 Å². The number of hydrogen-bond donors (Lipinski definition) is 1. The van der Waals surface area contributed by atoms with Gasteiger partial charge in [-0.1, -0.05) is 0 Å². The largest absolute Gasteiger partial charge is 0.480 e. The molecule has 82 valence electrons. The van der Waals surface area contributed by atoms with Gasteiger partial charge in [0.1, 0.15) is 6.04 Å². The third-order valence-electron chi connectivity index (χ3n) is 2.21. The zero-order valence-electron chi connectivity index (χ0n) is 7.93. The summed E-state index contributed by atoms with van der Waals surface area (Å²) in [6, 6.07) is -0.515. The van der Waals surface area contributed by atoms with Crippen molar-refractivity contribution in [2.24, 2.45) is 0 Å². The molecule has 1 rings (SSSR count). The van der Waals surface area contributed by atoms with Gasteiger partial charge in [0, 0.05) is 0 Å². The number of carboxylic acid groups (broad SMARTS) is 1. The van der Waals surface area contributed by atoms with Gasteiger partial charge in [-0.25, -0.2) is 0 Å². The number of carbonyl (C=O) groups is 2. The summed E-state index contributed by atoms with van der Waals surface area (Å²) in [5.74, 6) is -1.24. The van der Waals surface area contributed by atoms with E-state index in [-0.39, 0.29) is 24.9 Å². The Hall–Kier alpha value is -0.810. The third kappa shape index (κ3) is 3.16. The highest BCUT2D eigenvalue weighted by molar-refractivity contribution is 5.85. The van der Waals surface area contributed by atoms with E-state index in [1.165, 1.54) is 7.11 Å². The molecule has 0 bridgehead atoms. The van der Waals surface area contributed by atoms with E-state index in [0.717, 1.165) is 6.42 Å². The number of nitrogens with zero attached hydrogens (tertiary/aromatic N) is 1. The van der Waals surface area contributed by atoms with E-state index in [4.69, 9.17) is 5.11 Å². The van der Waals surface area contributed by atoms with Crippen molar-refractivity contribution in [1.29, 1.82) is 0 Å². The molecule has 1 fully saturated rings. The molecular weight excluding hydrogens is 210 g/mol. The molecule has 1 N–H and O–H groups in total. The van der Waals surface area contributed by atoms with E-state index in [1.807, 2.05) is 0 Å². The van der Waals surface area contributed by atoms with Gasteiger partial charge in [-0.3, -0.25) is 14.5 Å². The van der Waals surface area contributed by atoms with Crippen molar-refractivity contribution in [1.82, 2.24) is 4.90 Å². The summed E-state index contributed by atoms with van der Waals surface area (Å²) in [7, 11) is 1.30. The molecule has 1 saturated heterocycles. The highest BCUT2D eigenvalue weighted by Gasteiger charge is 2.31. The van der Waals surface area contributed by atoms with Crippen LogP contribution in [0.5, 0.6) is 0 Å². The zero-order chi connectivity index (χ0) is 9.84. The van der Waals surface area contributed by atoms with E-state index in [2.05, 4.69) is 4.74 Å². The second-order valence-corrected chi connectivity index (χ2v) is 3.04. The quantitative estimate of drug-likeness (QED) is 0.689. The van der Waals surface area contributed by atoms with E-state index in [0.29, 0.717) is 13.0 Å². The highest BCUT2D eigenvalue weighted by atomic mass is 35.5. The predicted octanol–water partition coefficient (Wildman–Crippen LogP) is 0.130. The maximum Gasteiger partial charge on any atom is 0.320 e. The number of ether oxygens (including phenoxy) is 1. The second kappa shape index (κ2) is 5.82. The molecule has 0 aromatic rings. The standard InChI is InChI=1S/C8H13NO4.ClH/c1-13-7(10)5-9-4-2-3-6(9)8(11)12;/h6H,2-5H2,1H3,(H,11,12);1H. The SMILES string of the molecule is COC(=O)CN1CCCC1C(=O)O.Cl. The van der Waals surface area contributed by atoms with Gasteiger partial charge in [-0.2, -0.15) is 0 Å². The van der Waals surface area contributed by atoms with E-state index < -0.39 is 12.0 Å². The van der Waals surface area contributed by atoms with Crippen LogP contribution in [0.1, 0.15) is 12.8 Å². The molecule has 0 aromatic heterocycles. The van der Waals surface area contributed by atoms with Crippen LogP contribution in [0.15, 0.2) is 0 Å². The molecule has 1 atom stereocenters. The first-order valence-electron chi connectivity index (χ1n) is 4.19. The minimum atomic E-state index is -0.860. The summed E-state index contributed by atoms with van der Waals surface area (Å²) >= 11 is 0. The zero-order valence-corrected chi connectivity index (χ0v) is 8.75. The Balaban J connectivity index is 0.00000169. The molecule has 0 saturated carbocycles. The van der Waals surface area contributed by atoms with Crippen LogP contribution in [0.4, 0.5) is 0 Å². The summed E-state index contributed by atoms with van der Waals surface area (Å²) in [6.07, 6.45) is 1.44. The van der Waals surface area contributed by atoms with Crippen LogP contribution in [-0.4, -0.2) is 48.2 Å². The monoisotopic (exact) mass is 223 g/mol. The van der Waals surface area contributed by atoms with Crippen LogP contribution < -0.4 is 0 Å². The van der Waals surface area contributed by atoms with Crippen LogP contribution in [0.25, 0.3) is 0 Å². The lowest BCUT2D eigenvalue weighted by molar-refractivity contribution is -0.146. The smallest absolute Gasteiger partial charge is 0.320 e. The van der Waals surface area contributed by atoms with Crippen molar-refractivity contribution in [3.05, 3.63) is 0 Å². The molecule has 5 nitrogen and oxygen atoms in total. The molecule has 1 heterocycles. The maximum atomic E-state index is 10.9. The fourth-order valence-electron chi connectivity index (χ4n) is 1.53. The average Bonchev–Trinajstić information content (AvgIpc) is 2.52. The summed E-state index contributed by atoms with van der Waals surface area (Å²) in [6.45, 7) is 0.736. The number of methoxy groups -OCH3 is 1.